The Morgan fingerprint density at radius 2 is 0.812 bits per heavy atom. The standard InChI is InChI=1S/C31H57N/c1-3-28-32(29-4-2)30-24-19-17-15-13-11-9-7-5-6-8-10-12-14-16-18-21-25-31-26-22-20-23-27-31/h20,22-23,26-27H,3-19,21,24-25,28-30H2,1-2H3. The van der Waals surface area contributed by atoms with Gasteiger partial charge in [0.25, 0.3) is 0 Å². The third-order valence-corrected chi connectivity index (χ3v) is 6.86. The van der Waals surface area contributed by atoms with E-state index in [0.717, 1.165) is 0 Å². The highest BCUT2D eigenvalue weighted by atomic mass is 15.1. The first-order valence-electron chi connectivity index (χ1n) is 14.6. The van der Waals surface area contributed by atoms with Crippen molar-refractivity contribution in [3.05, 3.63) is 35.9 Å². The normalized spacial score (nSPS) is 11.5. The van der Waals surface area contributed by atoms with Gasteiger partial charge in [-0.3, -0.25) is 0 Å². The predicted octanol–water partition coefficient (Wildman–Crippen LogP) is 9.98. The average Bonchev–Trinajstić information content (AvgIpc) is 2.81. The highest BCUT2D eigenvalue weighted by Crippen LogP contribution is 2.15. The van der Waals surface area contributed by atoms with Gasteiger partial charge in [0.2, 0.25) is 0 Å². The molecule has 0 aliphatic carbocycles. The summed E-state index contributed by atoms with van der Waals surface area (Å²) >= 11 is 0. The summed E-state index contributed by atoms with van der Waals surface area (Å²) in [4.78, 5) is 2.66. The molecule has 0 radical (unpaired) electrons. The van der Waals surface area contributed by atoms with E-state index >= 15 is 0 Å². The van der Waals surface area contributed by atoms with Crippen molar-refractivity contribution in [3.63, 3.8) is 0 Å². The summed E-state index contributed by atoms with van der Waals surface area (Å²) in [7, 11) is 0. The first-order valence-corrected chi connectivity index (χ1v) is 14.6. The van der Waals surface area contributed by atoms with E-state index in [0.29, 0.717) is 0 Å². The Labute approximate surface area is 202 Å². The Morgan fingerprint density at radius 1 is 0.438 bits per heavy atom. The highest BCUT2D eigenvalue weighted by Gasteiger charge is 2.01. The first-order chi connectivity index (χ1) is 15.9. The van der Waals surface area contributed by atoms with Crippen LogP contribution in [0.5, 0.6) is 0 Å². The van der Waals surface area contributed by atoms with E-state index in [4.69, 9.17) is 0 Å². The molecule has 1 rings (SSSR count). The molecule has 0 aliphatic heterocycles. The molecular formula is C31H57N. The van der Waals surface area contributed by atoms with Gasteiger partial charge in [-0.25, -0.2) is 0 Å². The quantitative estimate of drug-likeness (QED) is 0.144. The van der Waals surface area contributed by atoms with E-state index in [9.17, 15) is 0 Å². The summed E-state index contributed by atoms with van der Waals surface area (Å²) in [6.45, 7) is 8.53. The van der Waals surface area contributed by atoms with Gasteiger partial charge in [0.1, 0.15) is 0 Å². The number of aryl methyl sites for hydroxylation is 1. The topological polar surface area (TPSA) is 3.24 Å². The molecule has 0 amide bonds. The first kappa shape index (κ1) is 29.2. The van der Waals surface area contributed by atoms with Gasteiger partial charge in [-0.15, -0.1) is 0 Å². The van der Waals surface area contributed by atoms with Gasteiger partial charge < -0.3 is 4.90 Å². The predicted molar refractivity (Wildman–Crippen MR) is 146 cm³/mol. The van der Waals surface area contributed by atoms with Crippen LogP contribution in [0.1, 0.15) is 141 Å². The van der Waals surface area contributed by atoms with E-state index in [1.165, 1.54) is 154 Å². The lowest BCUT2D eigenvalue weighted by Crippen LogP contribution is -2.26. The van der Waals surface area contributed by atoms with E-state index in [1.54, 1.807) is 0 Å². The molecule has 0 atom stereocenters. The monoisotopic (exact) mass is 443 g/mol. The molecule has 0 heterocycles. The zero-order chi connectivity index (χ0) is 23.0. The Morgan fingerprint density at radius 3 is 1.22 bits per heavy atom. The van der Waals surface area contributed by atoms with Crippen LogP contribution in [0, 0.1) is 0 Å². The van der Waals surface area contributed by atoms with Crippen molar-refractivity contribution in [1.29, 1.82) is 0 Å². The molecule has 0 saturated carbocycles. The summed E-state index contributed by atoms with van der Waals surface area (Å²) in [6, 6.07) is 11.0. The number of hydrogen-bond acceptors (Lipinski definition) is 1. The van der Waals surface area contributed by atoms with Gasteiger partial charge in [0.15, 0.2) is 0 Å². The van der Waals surface area contributed by atoms with Crippen molar-refractivity contribution in [1.82, 2.24) is 4.90 Å². The maximum atomic E-state index is 2.66. The van der Waals surface area contributed by atoms with Crippen molar-refractivity contribution >= 4 is 0 Å². The molecule has 0 bridgehead atoms. The van der Waals surface area contributed by atoms with Crippen molar-refractivity contribution < 1.29 is 0 Å². The van der Waals surface area contributed by atoms with Crippen LogP contribution in [0.15, 0.2) is 30.3 Å². The maximum Gasteiger partial charge on any atom is -0.00187 e. The molecule has 0 N–H and O–H groups in total. The van der Waals surface area contributed by atoms with Gasteiger partial charge in [-0.2, -0.15) is 0 Å². The summed E-state index contributed by atoms with van der Waals surface area (Å²) in [5, 5.41) is 0. The third kappa shape index (κ3) is 18.7. The fraction of sp³-hybridized carbons (Fsp3) is 0.806. The Hall–Kier alpha value is -0.820. The smallest absolute Gasteiger partial charge is 0.00187 e. The lowest BCUT2D eigenvalue weighted by molar-refractivity contribution is 0.267. The lowest BCUT2D eigenvalue weighted by Gasteiger charge is -2.20. The van der Waals surface area contributed by atoms with Crippen molar-refractivity contribution in [3.8, 4) is 0 Å². The molecule has 1 nitrogen and oxygen atoms in total. The van der Waals surface area contributed by atoms with Gasteiger partial charge in [0, 0.05) is 0 Å². The largest absolute Gasteiger partial charge is 0.303 e. The fourth-order valence-electron chi connectivity index (χ4n) is 4.93. The van der Waals surface area contributed by atoms with Gasteiger partial charge >= 0.3 is 0 Å². The molecule has 32 heavy (non-hydrogen) atoms. The lowest BCUT2D eigenvalue weighted by atomic mass is 10.0. The van der Waals surface area contributed by atoms with E-state index < -0.39 is 0 Å². The zero-order valence-corrected chi connectivity index (χ0v) is 22.1. The molecule has 186 valence electrons. The molecule has 1 aromatic carbocycles. The van der Waals surface area contributed by atoms with Crippen molar-refractivity contribution in [2.24, 2.45) is 0 Å². The van der Waals surface area contributed by atoms with Crippen LogP contribution in [0.2, 0.25) is 0 Å². The van der Waals surface area contributed by atoms with E-state index in [2.05, 4.69) is 49.1 Å². The SMILES string of the molecule is CCCN(CCC)CCCCCCCCCCCCCCCCCCCc1ccccc1. The minimum Gasteiger partial charge on any atom is -0.303 e. The van der Waals surface area contributed by atoms with Crippen LogP contribution in [0.25, 0.3) is 0 Å². The maximum absolute atomic E-state index is 2.66. The average molecular weight is 444 g/mol. The molecule has 0 saturated heterocycles. The van der Waals surface area contributed by atoms with E-state index in [1.807, 2.05) is 0 Å². The molecule has 0 aliphatic rings. The summed E-state index contributed by atoms with van der Waals surface area (Å²) in [6.07, 6.45) is 28.5. The summed E-state index contributed by atoms with van der Waals surface area (Å²) in [5.41, 5.74) is 1.50. The molecule has 0 unspecified atom stereocenters. The van der Waals surface area contributed by atoms with Gasteiger partial charge in [0.05, 0.1) is 0 Å². The number of benzene rings is 1. The molecule has 0 fully saturated rings. The summed E-state index contributed by atoms with van der Waals surface area (Å²) < 4.78 is 0. The molecule has 1 heteroatoms. The van der Waals surface area contributed by atoms with E-state index in [-0.39, 0.29) is 0 Å². The minimum absolute atomic E-state index is 1.26. The Balaban J connectivity index is 1.71. The minimum atomic E-state index is 1.26. The van der Waals surface area contributed by atoms with Crippen LogP contribution >= 0.6 is 0 Å². The number of nitrogens with zero attached hydrogens (tertiary/aromatic N) is 1. The second kappa shape index (κ2) is 23.3. The number of rotatable bonds is 24. The van der Waals surface area contributed by atoms with Crippen LogP contribution in [0.4, 0.5) is 0 Å². The molecular weight excluding hydrogens is 386 g/mol. The molecule has 0 aromatic heterocycles. The Bertz CT molecular complexity index is 463. The third-order valence-electron chi connectivity index (χ3n) is 6.86. The number of unbranched alkanes of at least 4 members (excludes halogenated alkanes) is 16. The van der Waals surface area contributed by atoms with Crippen molar-refractivity contribution in [2.45, 2.75) is 142 Å². The fourth-order valence-corrected chi connectivity index (χ4v) is 4.93. The zero-order valence-electron chi connectivity index (χ0n) is 22.1. The Kier molecular flexibility index (Phi) is 21.3. The van der Waals surface area contributed by atoms with Crippen LogP contribution in [0.3, 0.4) is 0 Å². The van der Waals surface area contributed by atoms with Crippen LogP contribution in [-0.2, 0) is 6.42 Å². The number of hydrogen-bond donors (Lipinski definition) is 0. The molecule has 0 spiro atoms. The van der Waals surface area contributed by atoms with Gasteiger partial charge in [-0.1, -0.05) is 140 Å². The highest BCUT2D eigenvalue weighted by molar-refractivity contribution is 5.14. The van der Waals surface area contributed by atoms with Gasteiger partial charge in [-0.05, 0) is 57.3 Å². The van der Waals surface area contributed by atoms with Crippen LogP contribution < -0.4 is 0 Å². The molecule has 1 aromatic rings. The van der Waals surface area contributed by atoms with Crippen LogP contribution in [-0.4, -0.2) is 24.5 Å². The second-order valence-electron chi connectivity index (χ2n) is 10.1. The summed E-state index contributed by atoms with van der Waals surface area (Å²) in [5.74, 6) is 0. The second-order valence-corrected chi connectivity index (χ2v) is 10.1. The van der Waals surface area contributed by atoms with Crippen molar-refractivity contribution in [2.75, 3.05) is 19.6 Å².